The number of anilines is 3. The van der Waals surface area contributed by atoms with E-state index in [9.17, 15) is 9.59 Å². The highest BCUT2D eigenvalue weighted by molar-refractivity contribution is 5.96. The molecule has 1 saturated carbocycles. The van der Waals surface area contributed by atoms with E-state index in [4.69, 9.17) is 16.5 Å². The molecule has 0 spiro atoms. The molecule has 3 heterocycles. The number of amides is 3. The van der Waals surface area contributed by atoms with Crippen molar-refractivity contribution in [1.82, 2.24) is 19.8 Å². The van der Waals surface area contributed by atoms with Gasteiger partial charge < -0.3 is 31.5 Å². The molecular weight excluding hydrogens is 552 g/mol. The van der Waals surface area contributed by atoms with Gasteiger partial charge in [0.15, 0.2) is 11.5 Å². The van der Waals surface area contributed by atoms with Crippen LogP contribution in [0.25, 0.3) is 0 Å². The molecule has 3 amide bonds. The second-order valence-corrected chi connectivity index (χ2v) is 11.4. The van der Waals surface area contributed by atoms with Crippen molar-refractivity contribution in [1.29, 1.82) is 0 Å². The highest BCUT2D eigenvalue weighted by Gasteiger charge is 2.27. The van der Waals surface area contributed by atoms with Crippen LogP contribution in [0.4, 0.5) is 22.1 Å². The summed E-state index contributed by atoms with van der Waals surface area (Å²) >= 11 is 0. The minimum Gasteiger partial charge on any atom is -0.364 e. The number of hydrogen-bond donors (Lipinski definition) is 3. The zero-order chi connectivity index (χ0) is 32.5. The average Bonchev–Trinajstić information content (AvgIpc) is 3.08. The maximum absolute atomic E-state index is 12.0. The molecule has 2 aromatic rings. The Morgan fingerprint density at radius 2 is 1.36 bits per heavy atom. The zero-order valence-corrected chi connectivity index (χ0v) is 28.1. The first kappa shape index (κ1) is 36.8. The van der Waals surface area contributed by atoms with Crippen LogP contribution in [-0.4, -0.2) is 78.0 Å². The molecule has 1 aromatic heterocycles. The van der Waals surface area contributed by atoms with E-state index < -0.39 is 11.9 Å². The van der Waals surface area contributed by atoms with Crippen LogP contribution in [0.5, 0.6) is 0 Å². The number of rotatable bonds is 6. The Hall–Kier alpha value is -3.40. The lowest BCUT2D eigenvalue weighted by molar-refractivity contribution is 0.0996. The van der Waals surface area contributed by atoms with Gasteiger partial charge in [-0.3, -0.25) is 4.79 Å². The average molecular weight is 611 g/mol. The van der Waals surface area contributed by atoms with Crippen LogP contribution in [0, 0.1) is 0 Å². The molecule has 1 aromatic carbocycles. The Morgan fingerprint density at radius 3 is 1.89 bits per heavy atom. The highest BCUT2D eigenvalue weighted by Crippen LogP contribution is 2.33. The second-order valence-electron chi connectivity index (χ2n) is 11.4. The largest absolute Gasteiger partial charge is 0.364 e. The van der Waals surface area contributed by atoms with Crippen molar-refractivity contribution in [3.05, 3.63) is 41.7 Å². The van der Waals surface area contributed by atoms with Crippen molar-refractivity contribution in [2.45, 2.75) is 104 Å². The van der Waals surface area contributed by atoms with Crippen molar-refractivity contribution in [2.24, 2.45) is 11.5 Å². The van der Waals surface area contributed by atoms with Gasteiger partial charge in [-0.2, -0.15) is 0 Å². The van der Waals surface area contributed by atoms with Gasteiger partial charge >= 0.3 is 6.03 Å². The molecule has 0 bridgehead atoms. The molecule has 0 unspecified atom stereocenters. The first-order chi connectivity index (χ1) is 21.3. The van der Waals surface area contributed by atoms with Crippen LogP contribution in [0.15, 0.2) is 30.5 Å². The van der Waals surface area contributed by atoms with Gasteiger partial charge in [0.25, 0.3) is 5.91 Å². The van der Waals surface area contributed by atoms with Gasteiger partial charge in [-0.05, 0) is 81.6 Å². The standard InChI is InChI=1S/C27H38N6O.C3H8N2O.2C2H6/c28-26(34)25-27(31-24(19-29-25)33-15-5-2-6-16-33)30-22-11-9-20(10-12-22)21-13-17-32(18-14-21)23-7-3-1-4-8-23;1-5(2)3(4)6;2*1-2/h9-12,19,21,23H,1-8,13-18H2,(H2,28,34)(H,30,31);1-2H3,(H2,4,6);2*1-2H3. The van der Waals surface area contributed by atoms with Gasteiger partial charge in [0.1, 0.15) is 5.82 Å². The fraction of sp³-hybridized carbons (Fsp3) is 0.647. The number of urea groups is 1. The van der Waals surface area contributed by atoms with Crippen LogP contribution in [0.1, 0.15) is 114 Å². The fourth-order valence-electron chi connectivity index (χ4n) is 5.94. The number of likely N-dealkylation sites (tertiary alicyclic amines) is 1. The smallest absolute Gasteiger partial charge is 0.314 e. The first-order valence-electron chi connectivity index (χ1n) is 16.8. The molecule has 5 N–H and O–H groups in total. The molecule has 2 saturated heterocycles. The summed E-state index contributed by atoms with van der Waals surface area (Å²) in [5.74, 6) is 1.29. The van der Waals surface area contributed by atoms with Gasteiger partial charge in [-0.15, -0.1) is 0 Å². The summed E-state index contributed by atoms with van der Waals surface area (Å²) in [6.07, 6.45) is 14.7. The van der Waals surface area contributed by atoms with Crippen LogP contribution < -0.4 is 21.7 Å². The molecule has 10 nitrogen and oxygen atoms in total. The van der Waals surface area contributed by atoms with Crippen molar-refractivity contribution in [3.63, 3.8) is 0 Å². The third-order valence-electron chi connectivity index (χ3n) is 8.38. The lowest BCUT2D eigenvalue weighted by Crippen LogP contribution is -2.41. The Morgan fingerprint density at radius 1 is 0.818 bits per heavy atom. The molecule has 1 aliphatic carbocycles. The van der Waals surface area contributed by atoms with Gasteiger partial charge in [0.05, 0.1) is 6.20 Å². The van der Waals surface area contributed by atoms with Crippen LogP contribution >= 0.6 is 0 Å². The van der Waals surface area contributed by atoms with Crippen LogP contribution in [0.2, 0.25) is 0 Å². The number of aromatic nitrogens is 2. The lowest BCUT2D eigenvalue weighted by Gasteiger charge is -2.39. The number of carbonyl (C=O) groups is 2. The molecule has 44 heavy (non-hydrogen) atoms. The fourth-order valence-corrected chi connectivity index (χ4v) is 5.94. The molecule has 5 rings (SSSR count). The van der Waals surface area contributed by atoms with Gasteiger partial charge in [-0.1, -0.05) is 59.1 Å². The van der Waals surface area contributed by atoms with E-state index in [2.05, 4.69) is 44.4 Å². The third-order valence-corrected chi connectivity index (χ3v) is 8.38. The highest BCUT2D eigenvalue weighted by atomic mass is 16.2. The number of piperidine rings is 2. The lowest BCUT2D eigenvalue weighted by atomic mass is 9.86. The topological polar surface area (TPSA) is 134 Å². The summed E-state index contributed by atoms with van der Waals surface area (Å²) in [6, 6.07) is 9.02. The predicted molar refractivity (Wildman–Crippen MR) is 183 cm³/mol. The van der Waals surface area contributed by atoms with E-state index in [1.54, 1.807) is 20.3 Å². The van der Waals surface area contributed by atoms with E-state index in [1.165, 1.54) is 74.9 Å². The molecule has 0 radical (unpaired) electrons. The summed E-state index contributed by atoms with van der Waals surface area (Å²) in [5.41, 5.74) is 12.8. The summed E-state index contributed by atoms with van der Waals surface area (Å²) in [7, 11) is 3.20. The number of nitrogens with two attached hydrogens (primary N) is 2. The molecule has 10 heteroatoms. The normalized spacial score (nSPS) is 17.5. The van der Waals surface area contributed by atoms with Gasteiger partial charge in [0, 0.05) is 38.9 Å². The number of primary amides is 2. The summed E-state index contributed by atoms with van der Waals surface area (Å²) in [5, 5.41) is 3.30. The zero-order valence-electron chi connectivity index (χ0n) is 28.1. The van der Waals surface area contributed by atoms with Crippen LogP contribution in [0.3, 0.4) is 0 Å². The van der Waals surface area contributed by atoms with E-state index >= 15 is 0 Å². The number of carbonyl (C=O) groups excluding carboxylic acids is 2. The maximum atomic E-state index is 12.0. The Kier molecular flexibility index (Phi) is 16.5. The van der Waals surface area contributed by atoms with E-state index in [1.807, 2.05) is 27.7 Å². The summed E-state index contributed by atoms with van der Waals surface area (Å²) in [4.78, 5) is 37.2. The first-order valence-corrected chi connectivity index (χ1v) is 16.8. The Bertz CT molecular complexity index is 1100. The van der Waals surface area contributed by atoms with Gasteiger partial charge in [0.2, 0.25) is 0 Å². The van der Waals surface area contributed by atoms with E-state index in [0.29, 0.717) is 11.7 Å². The number of hydrogen-bond acceptors (Lipinski definition) is 7. The molecular formula is C34H58N8O2. The van der Waals surface area contributed by atoms with E-state index in [-0.39, 0.29) is 5.69 Å². The minimum atomic E-state index is -0.568. The maximum Gasteiger partial charge on any atom is 0.314 e. The van der Waals surface area contributed by atoms with Crippen LogP contribution in [-0.2, 0) is 0 Å². The number of nitrogens with one attached hydrogen (secondary N) is 1. The Balaban J connectivity index is 0.000000597. The molecule has 3 fully saturated rings. The van der Waals surface area contributed by atoms with Crippen molar-refractivity contribution >= 4 is 29.3 Å². The second kappa shape index (κ2) is 19.8. The van der Waals surface area contributed by atoms with Crippen molar-refractivity contribution in [2.75, 3.05) is 50.5 Å². The minimum absolute atomic E-state index is 0.180. The summed E-state index contributed by atoms with van der Waals surface area (Å²) < 4.78 is 0. The Labute approximate surface area is 266 Å². The summed E-state index contributed by atoms with van der Waals surface area (Å²) in [6.45, 7) is 12.4. The monoisotopic (exact) mass is 610 g/mol. The third kappa shape index (κ3) is 11.3. The number of nitrogens with zero attached hydrogens (tertiary/aromatic N) is 5. The van der Waals surface area contributed by atoms with E-state index in [0.717, 1.165) is 43.5 Å². The molecule has 3 aliphatic rings. The quantitative estimate of drug-likeness (QED) is 0.340. The van der Waals surface area contributed by atoms with Gasteiger partial charge in [-0.25, -0.2) is 14.8 Å². The van der Waals surface area contributed by atoms with Crippen molar-refractivity contribution < 1.29 is 9.59 Å². The molecule has 246 valence electrons. The SMILES string of the molecule is CC.CC.CN(C)C(N)=O.NC(=O)c1ncc(N2CCCCC2)nc1Nc1ccc(C2CCN(C3CCCCC3)CC2)cc1. The predicted octanol–water partition coefficient (Wildman–Crippen LogP) is 6.50. The molecule has 0 atom stereocenters. The molecule has 2 aliphatic heterocycles. The number of benzene rings is 1. The van der Waals surface area contributed by atoms with Crippen molar-refractivity contribution in [3.8, 4) is 0 Å².